The molecule has 0 fully saturated rings. The Balaban J connectivity index is 2.08. The molecule has 2 N–H and O–H groups in total. The molecule has 6 heteroatoms. The molecule has 0 bridgehead atoms. The van der Waals surface area contributed by atoms with E-state index in [-0.39, 0.29) is 11.4 Å². The molecule has 0 saturated heterocycles. The summed E-state index contributed by atoms with van der Waals surface area (Å²) in [6.07, 6.45) is 1.52. The summed E-state index contributed by atoms with van der Waals surface area (Å²) in [6, 6.07) is 14.4. The van der Waals surface area contributed by atoms with E-state index in [1.54, 1.807) is 36.4 Å². The highest BCUT2D eigenvalue weighted by Crippen LogP contribution is 2.27. The number of nitriles is 1. The second-order valence-electron chi connectivity index (χ2n) is 5.75. The Kier molecular flexibility index (Phi) is 5.34. The highest BCUT2D eigenvalue weighted by Gasteiger charge is 2.11. The second-order valence-corrected chi connectivity index (χ2v) is 5.75. The van der Waals surface area contributed by atoms with E-state index in [4.69, 9.17) is 15.7 Å². The summed E-state index contributed by atoms with van der Waals surface area (Å²) in [5.74, 6) is 5.07. The van der Waals surface area contributed by atoms with Gasteiger partial charge in [-0.1, -0.05) is 24.0 Å². The lowest BCUT2D eigenvalue weighted by Crippen LogP contribution is -2.01. The monoisotopic (exact) mass is 371 g/mol. The Morgan fingerprint density at radius 3 is 2.75 bits per heavy atom. The third-order valence-electron chi connectivity index (χ3n) is 3.99. The van der Waals surface area contributed by atoms with Crippen molar-refractivity contribution in [1.82, 2.24) is 4.98 Å². The van der Waals surface area contributed by atoms with Crippen molar-refractivity contribution in [3.05, 3.63) is 82.8 Å². The molecule has 28 heavy (non-hydrogen) atoms. The highest BCUT2D eigenvalue weighted by molar-refractivity contribution is 5.89. The van der Waals surface area contributed by atoms with Crippen LogP contribution in [0, 0.1) is 29.0 Å². The average molecular weight is 371 g/mol. The summed E-state index contributed by atoms with van der Waals surface area (Å²) in [6.45, 7) is 0. The van der Waals surface area contributed by atoms with E-state index in [9.17, 15) is 9.18 Å². The fourth-order valence-electron chi connectivity index (χ4n) is 2.60. The van der Waals surface area contributed by atoms with Gasteiger partial charge in [-0.15, -0.1) is 0 Å². The first-order valence-electron chi connectivity index (χ1n) is 8.18. The van der Waals surface area contributed by atoms with Crippen LogP contribution in [0.25, 0.3) is 11.1 Å². The fourth-order valence-corrected chi connectivity index (χ4v) is 2.60. The fraction of sp³-hybridized carbons (Fsp3) is 0.0455. The number of hydrogen-bond acceptors (Lipinski definition) is 5. The Morgan fingerprint density at radius 1 is 1.18 bits per heavy atom. The van der Waals surface area contributed by atoms with Crippen molar-refractivity contribution in [2.75, 3.05) is 12.8 Å². The van der Waals surface area contributed by atoms with E-state index in [1.807, 2.05) is 6.07 Å². The molecule has 0 atom stereocenters. The van der Waals surface area contributed by atoms with Gasteiger partial charge in [0.05, 0.1) is 23.8 Å². The van der Waals surface area contributed by atoms with E-state index >= 15 is 0 Å². The minimum Gasteiger partial charge on any atom is -0.465 e. The molecule has 3 aromatic rings. The quantitative estimate of drug-likeness (QED) is 0.550. The summed E-state index contributed by atoms with van der Waals surface area (Å²) in [7, 11) is 1.31. The van der Waals surface area contributed by atoms with E-state index in [0.717, 1.165) is 0 Å². The van der Waals surface area contributed by atoms with Gasteiger partial charge in [0.25, 0.3) is 0 Å². The lowest BCUT2D eigenvalue weighted by atomic mass is 9.99. The van der Waals surface area contributed by atoms with Gasteiger partial charge in [-0.3, -0.25) is 0 Å². The van der Waals surface area contributed by atoms with E-state index in [2.05, 4.69) is 16.8 Å². The van der Waals surface area contributed by atoms with Crippen LogP contribution >= 0.6 is 0 Å². The number of nitrogens with two attached hydrogens (primary N) is 1. The third-order valence-corrected chi connectivity index (χ3v) is 3.99. The summed E-state index contributed by atoms with van der Waals surface area (Å²) >= 11 is 0. The van der Waals surface area contributed by atoms with Gasteiger partial charge in [0.2, 0.25) is 0 Å². The second kappa shape index (κ2) is 8.03. The van der Waals surface area contributed by atoms with Crippen LogP contribution < -0.4 is 5.73 Å². The third kappa shape index (κ3) is 3.82. The van der Waals surface area contributed by atoms with Crippen LogP contribution in [0.15, 0.2) is 54.7 Å². The molecule has 136 valence electrons. The topological polar surface area (TPSA) is 89.0 Å². The zero-order valence-corrected chi connectivity index (χ0v) is 14.9. The molecule has 0 spiro atoms. The van der Waals surface area contributed by atoms with Crippen molar-refractivity contribution in [2.45, 2.75) is 0 Å². The Bertz CT molecular complexity index is 1170. The van der Waals surface area contributed by atoms with Gasteiger partial charge in [-0.25, -0.2) is 14.2 Å². The van der Waals surface area contributed by atoms with Gasteiger partial charge in [0.1, 0.15) is 17.7 Å². The lowest BCUT2D eigenvalue weighted by molar-refractivity contribution is 0.0600. The highest BCUT2D eigenvalue weighted by atomic mass is 19.1. The summed E-state index contributed by atoms with van der Waals surface area (Å²) in [5.41, 5.74) is 8.56. The number of nitrogen functional groups attached to an aromatic ring is 1. The van der Waals surface area contributed by atoms with Crippen LogP contribution in [-0.2, 0) is 4.74 Å². The molecule has 1 heterocycles. The van der Waals surface area contributed by atoms with E-state index < -0.39 is 11.8 Å². The number of halogens is 1. The Labute approximate surface area is 161 Å². The maximum atomic E-state index is 13.6. The summed E-state index contributed by atoms with van der Waals surface area (Å²) in [5, 5.41) is 9.06. The molecule has 0 unspecified atom stereocenters. The maximum absolute atomic E-state index is 13.6. The molecular formula is C22H14FN3O2. The molecule has 0 aliphatic heterocycles. The first-order valence-corrected chi connectivity index (χ1v) is 8.18. The van der Waals surface area contributed by atoms with Gasteiger partial charge in [0.15, 0.2) is 0 Å². The molecule has 2 aromatic carbocycles. The Morgan fingerprint density at radius 2 is 2.00 bits per heavy atom. The smallest absolute Gasteiger partial charge is 0.337 e. The zero-order valence-electron chi connectivity index (χ0n) is 14.9. The first-order chi connectivity index (χ1) is 13.5. The number of carbonyl (C=O) groups is 1. The largest absolute Gasteiger partial charge is 0.465 e. The summed E-state index contributed by atoms with van der Waals surface area (Å²) in [4.78, 5) is 15.7. The SMILES string of the molecule is COC(=O)c1cccc(C#Cc2c(-c3ccc(F)c(C#N)c3)ccnc2N)c1. The number of ether oxygens (including phenoxy) is 1. The van der Waals surface area contributed by atoms with Crippen LogP contribution in [0.3, 0.4) is 0 Å². The molecule has 0 amide bonds. The first kappa shape index (κ1) is 18.6. The number of methoxy groups -OCH3 is 1. The molecule has 0 aliphatic carbocycles. The van der Waals surface area contributed by atoms with Gasteiger partial charge < -0.3 is 10.5 Å². The standard InChI is InChI=1S/C22H14FN3O2/c1-28-22(27)16-4-2-3-14(11-16)5-7-19-18(9-10-26-21(19)25)15-6-8-20(23)17(12-15)13-24/h2-4,6,8-12H,1H3,(H2,25,26). The summed E-state index contributed by atoms with van der Waals surface area (Å²) < 4.78 is 18.3. The molecular weight excluding hydrogens is 357 g/mol. The van der Waals surface area contributed by atoms with E-state index in [0.29, 0.717) is 27.8 Å². The Hall–Kier alpha value is -4.16. The van der Waals surface area contributed by atoms with Crippen molar-refractivity contribution in [1.29, 1.82) is 5.26 Å². The van der Waals surface area contributed by atoms with Crippen molar-refractivity contribution >= 4 is 11.8 Å². The van der Waals surface area contributed by atoms with Crippen molar-refractivity contribution in [3.63, 3.8) is 0 Å². The van der Waals surface area contributed by atoms with Crippen LogP contribution in [-0.4, -0.2) is 18.1 Å². The van der Waals surface area contributed by atoms with Gasteiger partial charge in [-0.2, -0.15) is 5.26 Å². The number of pyridine rings is 1. The number of benzene rings is 2. The molecule has 1 aromatic heterocycles. The van der Waals surface area contributed by atoms with E-state index in [1.165, 1.54) is 25.4 Å². The number of hydrogen-bond donors (Lipinski definition) is 1. The minimum absolute atomic E-state index is 0.0717. The van der Waals surface area contributed by atoms with Gasteiger partial charge in [0, 0.05) is 17.3 Å². The van der Waals surface area contributed by atoms with Gasteiger partial charge in [-0.05, 0) is 42.0 Å². The van der Waals surface area contributed by atoms with Crippen LogP contribution in [0.5, 0.6) is 0 Å². The minimum atomic E-state index is -0.597. The molecule has 3 rings (SSSR count). The van der Waals surface area contributed by atoms with Crippen molar-refractivity contribution in [3.8, 4) is 29.0 Å². The molecule has 0 aliphatic rings. The number of aromatic nitrogens is 1. The van der Waals surface area contributed by atoms with Crippen LogP contribution in [0.1, 0.15) is 27.0 Å². The zero-order chi connectivity index (χ0) is 20.1. The van der Waals surface area contributed by atoms with Crippen LogP contribution in [0.4, 0.5) is 10.2 Å². The molecule has 0 radical (unpaired) electrons. The lowest BCUT2D eigenvalue weighted by Gasteiger charge is -2.07. The number of rotatable bonds is 2. The van der Waals surface area contributed by atoms with Gasteiger partial charge >= 0.3 is 5.97 Å². The number of nitrogens with zero attached hydrogens (tertiary/aromatic N) is 2. The normalized spacial score (nSPS) is 9.75. The molecule has 0 saturated carbocycles. The van der Waals surface area contributed by atoms with Crippen LogP contribution in [0.2, 0.25) is 0 Å². The predicted molar refractivity (Wildman–Crippen MR) is 103 cm³/mol. The average Bonchev–Trinajstić information content (AvgIpc) is 2.72. The van der Waals surface area contributed by atoms with Crippen molar-refractivity contribution in [2.24, 2.45) is 0 Å². The number of carbonyl (C=O) groups excluding carboxylic acids is 1. The number of anilines is 1. The number of esters is 1. The maximum Gasteiger partial charge on any atom is 0.337 e. The van der Waals surface area contributed by atoms with Crippen molar-refractivity contribution < 1.29 is 13.9 Å². The molecule has 5 nitrogen and oxygen atoms in total. The predicted octanol–water partition coefficient (Wildman–Crippen LogP) is 3.53.